The van der Waals surface area contributed by atoms with Gasteiger partial charge in [0, 0.05) is 5.39 Å². The summed E-state index contributed by atoms with van der Waals surface area (Å²) >= 11 is 0. The van der Waals surface area contributed by atoms with Gasteiger partial charge in [-0.25, -0.2) is 4.98 Å². The number of nitrogens with zero attached hydrogens (tertiary/aromatic N) is 1. The van der Waals surface area contributed by atoms with E-state index in [0.717, 1.165) is 40.8 Å². The van der Waals surface area contributed by atoms with E-state index >= 15 is 0 Å². The van der Waals surface area contributed by atoms with Gasteiger partial charge in [-0.15, -0.1) is 0 Å². The summed E-state index contributed by atoms with van der Waals surface area (Å²) in [5.41, 5.74) is 7.49. The Labute approximate surface area is 170 Å². The molecule has 0 fully saturated rings. The van der Waals surface area contributed by atoms with Crippen LogP contribution in [0.4, 0.5) is 5.82 Å². The topological polar surface area (TPSA) is 83.7 Å². The molecule has 0 amide bonds. The second kappa shape index (κ2) is 9.78. The number of pyridine rings is 1. The van der Waals surface area contributed by atoms with Crippen molar-refractivity contribution in [1.82, 2.24) is 4.98 Å². The Balaban J connectivity index is 1.45. The zero-order chi connectivity index (χ0) is 20.6. The van der Waals surface area contributed by atoms with Crippen molar-refractivity contribution < 1.29 is 19.0 Å². The van der Waals surface area contributed by atoms with Crippen molar-refractivity contribution in [2.24, 2.45) is 0 Å². The molecule has 6 heteroatoms. The number of hydrogen-bond donors (Lipinski definition) is 1. The minimum absolute atomic E-state index is 0.0230. The van der Waals surface area contributed by atoms with E-state index in [1.165, 1.54) is 7.11 Å². The maximum absolute atomic E-state index is 11.3. The molecule has 2 N–H and O–H groups in total. The van der Waals surface area contributed by atoms with Crippen molar-refractivity contribution in [2.45, 2.75) is 32.3 Å². The molecule has 0 saturated carbocycles. The zero-order valence-electron chi connectivity index (χ0n) is 16.8. The van der Waals surface area contributed by atoms with E-state index in [1.54, 1.807) is 6.07 Å². The molecule has 3 rings (SSSR count). The first-order valence-electron chi connectivity index (χ1n) is 9.65. The predicted octanol–water partition coefficient (Wildman–Crippen LogP) is 4.16. The fraction of sp³-hybridized carbons (Fsp3) is 0.304. The highest BCUT2D eigenvalue weighted by Gasteiger charge is 2.09. The highest BCUT2D eigenvalue weighted by molar-refractivity contribution is 5.85. The molecule has 152 valence electrons. The quantitative estimate of drug-likeness (QED) is 0.433. The summed E-state index contributed by atoms with van der Waals surface area (Å²) in [6.45, 7) is 2.62. The lowest BCUT2D eigenvalue weighted by Gasteiger charge is -2.16. The van der Waals surface area contributed by atoms with Crippen LogP contribution >= 0.6 is 0 Å². The Kier molecular flexibility index (Phi) is 6.89. The SMILES string of the molecule is COC(=O)Cc1ccc(OCCCC(C)Oc2cccc3ccc(N)nc23)cc1. The van der Waals surface area contributed by atoms with Gasteiger partial charge in [0.1, 0.15) is 22.8 Å². The molecule has 3 aromatic rings. The Morgan fingerprint density at radius 2 is 1.90 bits per heavy atom. The van der Waals surface area contributed by atoms with E-state index in [4.69, 9.17) is 15.2 Å². The monoisotopic (exact) mass is 394 g/mol. The van der Waals surface area contributed by atoms with Gasteiger partial charge < -0.3 is 19.9 Å². The third-order valence-corrected chi connectivity index (χ3v) is 4.56. The second-order valence-electron chi connectivity index (χ2n) is 6.88. The summed E-state index contributed by atoms with van der Waals surface area (Å²) in [4.78, 5) is 15.7. The van der Waals surface area contributed by atoms with E-state index in [1.807, 2.05) is 55.5 Å². The molecular weight excluding hydrogens is 368 g/mol. The molecule has 0 aliphatic carbocycles. The van der Waals surface area contributed by atoms with E-state index in [2.05, 4.69) is 9.72 Å². The number of rotatable bonds is 9. The molecule has 6 nitrogen and oxygen atoms in total. The average Bonchev–Trinajstić information content (AvgIpc) is 2.72. The molecule has 0 aliphatic rings. The van der Waals surface area contributed by atoms with Crippen LogP contribution in [0.3, 0.4) is 0 Å². The van der Waals surface area contributed by atoms with Crippen molar-refractivity contribution in [3.8, 4) is 11.5 Å². The van der Waals surface area contributed by atoms with Gasteiger partial charge >= 0.3 is 5.97 Å². The summed E-state index contributed by atoms with van der Waals surface area (Å²) in [6, 6.07) is 17.1. The molecule has 2 aromatic carbocycles. The number of para-hydroxylation sites is 1. The number of benzene rings is 2. The van der Waals surface area contributed by atoms with Crippen molar-refractivity contribution >= 4 is 22.7 Å². The third-order valence-electron chi connectivity index (χ3n) is 4.56. The maximum atomic E-state index is 11.3. The number of nitrogens with two attached hydrogens (primary N) is 1. The number of carbonyl (C=O) groups excluding carboxylic acids is 1. The van der Waals surface area contributed by atoms with Crippen LogP contribution in [-0.4, -0.2) is 30.8 Å². The van der Waals surface area contributed by atoms with Crippen molar-refractivity contribution in [2.75, 3.05) is 19.5 Å². The summed E-state index contributed by atoms with van der Waals surface area (Å²) < 4.78 is 16.5. The average molecular weight is 394 g/mol. The smallest absolute Gasteiger partial charge is 0.309 e. The molecule has 0 radical (unpaired) electrons. The van der Waals surface area contributed by atoms with Gasteiger partial charge in [0.15, 0.2) is 0 Å². The van der Waals surface area contributed by atoms with Crippen molar-refractivity contribution in [3.05, 3.63) is 60.2 Å². The van der Waals surface area contributed by atoms with E-state index in [9.17, 15) is 4.79 Å². The van der Waals surface area contributed by atoms with E-state index in [0.29, 0.717) is 12.4 Å². The van der Waals surface area contributed by atoms with Gasteiger partial charge in [-0.3, -0.25) is 4.79 Å². The summed E-state index contributed by atoms with van der Waals surface area (Å²) in [7, 11) is 1.39. The molecule has 1 atom stereocenters. The number of fused-ring (bicyclic) bond motifs is 1. The predicted molar refractivity (Wildman–Crippen MR) is 113 cm³/mol. The summed E-state index contributed by atoms with van der Waals surface area (Å²) in [5.74, 6) is 1.74. The van der Waals surface area contributed by atoms with Crippen LogP contribution in [0.15, 0.2) is 54.6 Å². The van der Waals surface area contributed by atoms with Crippen LogP contribution in [0.5, 0.6) is 11.5 Å². The zero-order valence-corrected chi connectivity index (χ0v) is 16.8. The first-order chi connectivity index (χ1) is 14.0. The Bertz CT molecular complexity index is 957. The number of ether oxygens (including phenoxy) is 3. The number of aromatic nitrogens is 1. The highest BCUT2D eigenvalue weighted by Crippen LogP contribution is 2.26. The minimum Gasteiger partial charge on any atom is -0.494 e. The lowest BCUT2D eigenvalue weighted by Crippen LogP contribution is -2.13. The largest absolute Gasteiger partial charge is 0.494 e. The third kappa shape index (κ3) is 5.85. The van der Waals surface area contributed by atoms with Gasteiger partial charge in [0.2, 0.25) is 0 Å². The lowest BCUT2D eigenvalue weighted by atomic mass is 10.1. The standard InChI is InChI=1S/C23H26N2O4/c1-16(29-20-7-3-6-18-10-13-21(24)25-23(18)20)5-4-14-28-19-11-8-17(9-12-19)15-22(26)27-2/h3,6-13,16H,4-5,14-15H2,1-2H3,(H2,24,25). The number of anilines is 1. The van der Waals surface area contributed by atoms with Crippen LogP contribution < -0.4 is 15.2 Å². The normalized spacial score (nSPS) is 11.8. The Hall–Kier alpha value is -3.28. The van der Waals surface area contributed by atoms with Crippen LogP contribution in [0, 0.1) is 0 Å². The minimum atomic E-state index is -0.253. The molecule has 1 aromatic heterocycles. The molecule has 0 bridgehead atoms. The molecule has 0 aliphatic heterocycles. The summed E-state index contributed by atoms with van der Waals surface area (Å²) in [5, 5.41) is 1.00. The number of esters is 1. The molecule has 1 unspecified atom stereocenters. The lowest BCUT2D eigenvalue weighted by molar-refractivity contribution is -0.139. The highest BCUT2D eigenvalue weighted by atomic mass is 16.5. The molecule has 29 heavy (non-hydrogen) atoms. The number of carbonyl (C=O) groups is 1. The Morgan fingerprint density at radius 1 is 1.10 bits per heavy atom. The van der Waals surface area contributed by atoms with E-state index in [-0.39, 0.29) is 18.5 Å². The molecule has 0 spiro atoms. The van der Waals surface area contributed by atoms with Crippen LogP contribution in [0.2, 0.25) is 0 Å². The summed E-state index contributed by atoms with van der Waals surface area (Å²) in [6.07, 6.45) is 1.99. The van der Waals surface area contributed by atoms with Crippen LogP contribution in [-0.2, 0) is 16.0 Å². The molecule has 0 saturated heterocycles. The number of hydrogen-bond acceptors (Lipinski definition) is 6. The van der Waals surface area contributed by atoms with Crippen LogP contribution in [0.1, 0.15) is 25.3 Å². The number of methoxy groups -OCH3 is 1. The molecule has 1 heterocycles. The Morgan fingerprint density at radius 3 is 2.66 bits per heavy atom. The van der Waals surface area contributed by atoms with Crippen molar-refractivity contribution in [1.29, 1.82) is 0 Å². The first-order valence-corrected chi connectivity index (χ1v) is 9.65. The van der Waals surface area contributed by atoms with Gasteiger partial charge in [0.25, 0.3) is 0 Å². The van der Waals surface area contributed by atoms with Crippen molar-refractivity contribution in [3.63, 3.8) is 0 Å². The van der Waals surface area contributed by atoms with Gasteiger partial charge in [-0.1, -0.05) is 24.3 Å². The molecular formula is C23H26N2O4. The second-order valence-corrected chi connectivity index (χ2v) is 6.88. The van der Waals surface area contributed by atoms with Crippen LogP contribution in [0.25, 0.3) is 10.9 Å². The fourth-order valence-electron chi connectivity index (χ4n) is 3.01. The maximum Gasteiger partial charge on any atom is 0.309 e. The van der Waals surface area contributed by atoms with Gasteiger partial charge in [-0.2, -0.15) is 0 Å². The van der Waals surface area contributed by atoms with E-state index < -0.39 is 0 Å². The number of nitrogen functional groups attached to an aromatic ring is 1. The van der Waals surface area contributed by atoms with Gasteiger partial charge in [-0.05, 0) is 55.7 Å². The fourth-order valence-corrected chi connectivity index (χ4v) is 3.01. The first kappa shape index (κ1) is 20.5. The van der Waals surface area contributed by atoms with Gasteiger partial charge in [0.05, 0.1) is 26.2 Å².